The molecule has 3 aliphatic heterocycles. The highest BCUT2D eigenvalue weighted by molar-refractivity contribution is 5.76. The van der Waals surface area contributed by atoms with Gasteiger partial charge in [0, 0.05) is 6.42 Å². The summed E-state index contributed by atoms with van der Waals surface area (Å²) < 4.78 is 34.4. The molecule has 3 rings (SSSR count). The number of rotatable bonds is 62. The second-order valence-electron chi connectivity index (χ2n) is 28.2. The number of unbranched alkanes of at least 4 members (excludes halogenated alkanes) is 38. The molecule has 0 aromatic heterocycles. The largest absolute Gasteiger partial charge is 0.394 e. The van der Waals surface area contributed by atoms with E-state index in [2.05, 4.69) is 67.8 Å². The lowest BCUT2D eigenvalue weighted by molar-refractivity contribution is -0.379. The first kappa shape index (κ1) is 89.7. The van der Waals surface area contributed by atoms with E-state index in [1.165, 1.54) is 218 Å². The summed E-state index contributed by atoms with van der Waals surface area (Å²) in [6, 6.07) is -1.000. The molecule has 19 nitrogen and oxygen atoms in total. The van der Waals surface area contributed by atoms with E-state index in [9.17, 15) is 61.0 Å². The monoisotopic (exact) mass is 1390 g/mol. The van der Waals surface area contributed by atoms with Gasteiger partial charge in [-0.05, 0) is 77.0 Å². The Bertz CT molecular complexity index is 2010. The Labute approximate surface area is 592 Å². The van der Waals surface area contributed by atoms with Crippen LogP contribution in [0.3, 0.4) is 0 Å². The van der Waals surface area contributed by atoms with Crippen LogP contribution >= 0.6 is 0 Å². The number of hydrogen-bond donors (Lipinski definition) is 12. The van der Waals surface area contributed by atoms with Crippen molar-refractivity contribution in [3.05, 3.63) is 60.8 Å². The number of allylic oxidation sites excluding steroid dienone is 9. The number of ether oxygens (including phenoxy) is 6. The van der Waals surface area contributed by atoms with Gasteiger partial charge in [0.1, 0.15) is 73.2 Å². The zero-order valence-electron chi connectivity index (χ0n) is 61.0. The molecule has 3 fully saturated rings. The molecule has 19 heteroatoms. The van der Waals surface area contributed by atoms with E-state index >= 15 is 0 Å². The molecule has 0 aromatic rings. The molecule has 572 valence electrons. The van der Waals surface area contributed by atoms with Crippen LogP contribution < -0.4 is 5.32 Å². The summed E-state index contributed by atoms with van der Waals surface area (Å²) in [6.45, 7) is 1.73. The fraction of sp³-hybridized carbons (Fsp3) is 0.861. The zero-order chi connectivity index (χ0) is 71.1. The third-order valence-electron chi connectivity index (χ3n) is 19.5. The average molecular weight is 1400 g/mol. The summed E-state index contributed by atoms with van der Waals surface area (Å²) in [5.74, 6) is -0.287. The maximum atomic E-state index is 13.5. The Morgan fingerprint density at radius 2 is 0.684 bits per heavy atom. The molecule has 0 aromatic carbocycles. The Balaban J connectivity index is 1.41. The molecule has 3 saturated heterocycles. The minimum absolute atomic E-state index is 0.231. The van der Waals surface area contributed by atoms with E-state index in [1.54, 1.807) is 6.08 Å². The van der Waals surface area contributed by atoms with Gasteiger partial charge < -0.3 is 89.9 Å². The van der Waals surface area contributed by atoms with Crippen LogP contribution in [0.1, 0.15) is 303 Å². The van der Waals surface area contributed by atoms with Crippen molar-refractivity contribution in [3.8, 4) is 0 Å². The van der Waals surface area contributed by atoms with Gasteiger partial charge in [0.15, 0.2) is 18.9 Å². The minimum atomic E-state index is -1.98. The second-order valence-corrected chi connectivity index (χ2v) is 28.2. The van der Waals surface area contributed by atoms with Gasteiger partial charge in [0.25, 0.3) is 0 Å². The van der Waals surface area contributed by atoms with E-state index in [1.807, 2.05) is 6.08 Å². The van der Waals surface area contributed by atoms with Gasteiger partial charge in [-0.15, -0.1) is 0 Å². The highest BCUT2D eigenvalue weighted by atomic mass is 16.8. The van der Waals surface area contributed by atoms with Crippen molar-refractivity contribution in [1.29, 1.82) is 0 Å². The number of aliphatic hydroxyl groups excluding tert-OH is 11. The van der Waals surface area contributed by atoms with Gasteiger partial charge in [-0.2, -0.15) is 0 Å². The van der Waals surface area contributed by atoms with E-state index in [0.717, 1.165) is 51.4 Å². The second kappa shape index (κ2) is 59.8. The first-order valence-corrected chi connectivity index (χ1v) is 39.5. The SMILES string of the molecule is CCCCCCC/C=C\C/C=C\CCCCCCCCCCCCCCCCCC(=O)NC(COC1OC(CO)C(OC2OC(CO)C(OC3OC(CO)C(O)C(O)C3O)C(O)C2O)C(O)C1O)C(O)/C=C/CC/C=C/CC/C=C/CCCCCCCCCCCCCCCCCC. The van der Waals surface area contributed by atoms with E-state index < -0.39 is 124 Å². The van der Waals surface area contributed by atoms with E-state index in [-0.39, 0.29) is 18.9 Å². The summed E-state index contributed by atoms with van der Waals surface area (Å²) in [6.07, 6.45) is 49.2. The van der Waals surface area contributed by atoms with Crippen LogP contribution in [0.25, 0.3) is 0 Å². The number of aliphatic hydroxyl groups is 11. The van der Waals surface area contributed by atoms with E-state index in [0.29, 0.717) is 12.8 Å². The maximum absolute atomic E-state index is 13.5. The van der Waals surface area contributed by atoms with Gasteiger partial charge >= 0.3 is 0 Å². The number of carbonyl (C=O) groups excluding carboxylic acids is 1. The van der Waals surface area contributed by atoms with Crippen LogP contribution in [0, 0.1) is 0 Å². The predicted molar refractivity (Wildman–Crippen MR) is 388 cm³/mol. The highest BCUT2D eigenvalue weighted by Gasteiger charge is 2.53. The van der Waals surface area contributed by atoms with Crippen molar-refractivity contribution in [1.82, 2.24) is 5.32 Å². The Morgan fingerprint density at radius 1 is 0.367 bits per heavy atom. The predicted octanol–water partition coefficient (Wildman–Crippen LogP) is 12.7. The Kier molecular flexibility index (Phi) is 54.8. The van der Waals surface area contributed by atoms with Crippen LogP contribution in [0.5, 0.6) is 0 Å². The normalized spacial score (nSPS) is 27.1. The third-order valence-corrected chi connectivity index (χ3v) is 19.5. The van der Waals surface area contributed by atoms with Gasteiger partial charge in [-0.3, -0.25) is 4.79 Å². The van der Waals surface area contributed by atoms with Gasteiger partial charge in [-0.25, -0.2) is 0 Å². The lowest BCUT2D eigenvalue weighted by Crippen LogP contribution is -2.66. The van der Waals surface area contributed by atoms with Crippen LogP contribution in [-0.2, 0) is 33.2 Å². The molecule has 17 atom stereocenters. The number of hydrogen-bond acceptors (Lipinski definition) is 18. The van der Waals surface area contributed by atoms with Crippen molar-refractivity contribution in [2.24, 2.45) is 0 Å². The molecule has 0 saturated carbocycles. The fourth-order valence-electron chi connectivity index (χ4n) is 13.1. The molecule has 1 amide bonds. The van der Waals surface area contributed by atoms with Crippen molar-refractivity contribution in [3.63, 3.8) is 0 Å². The summed E-state index contributed by atoms with van der Waals surface area (Å²) in [5.41, 5.74) is 0. The quantitative estimate of drug-likeness (QED) is 0.0199. The van der Waals surface area contributed by atoms with Crippen molar-refractivity contribution in [2.45, 2.75) is 407 Å². The number of amides is 1. The molecule has 0 aliphatic carbocycles. The molecule has 3 aliphatic rings. The molecular formula is C79H143NO18. The number of carbonyl (C=O) groups is 1. The first-order chi connectivity index (χ1) is 47.8. The molecule has 3 heterocycles. The maximum Gasteiger partial charge on any atom is 0.220 e. The lowest BCUT2D eigenvalue weighted by atomic mass is 9.96. The molecule has 12 N–H and O–H groups in total. The molecule has 98 heavy (non-hydrogen) atoms. The summed E-state index contributed by atoms with van der Waals surface area (Å²) in [4.78, 5) is 13.5. The molecule has 0 spiro atoms. The first-order valence-electron chi connectivity index (χ1n) is 39.5. The topological polar surface area (TPSA) is 307 Å². The van der Waals surface area contributed by atoms with Crippen LogP contribution in [0.2, 0.25) is 0 Å². The Hall–Kier alpha value is -2.51. The summed E-state index contributed by atoms with van der Waals surface area (Å²) in [7, 11) is 0. The van der Waals surface area contributed by atoms with Gasteiger partial charge in [0.2, 0.25) is 5.91 Å². The molecule has 17 unspecified atom stereocenters. The molecular weight excluding hydrogens is 1250 g/mol. The van der Waals surface area contributed by atoms with Crippen LogP contribution in [0.4, 0.5) is 0 Å². The van der Waals surface area contributed by atoms with Crippen molar-refractivity contribution >= 4 is 5.91 Å². The fourth-order valence-corrected chi connectivity index (χ4v) is 13.1. The highest BCUT2D eigenvalue weighted by Crippen LogP contribution is 2.33. The van der Waals surface area contributed by atoms with Crippen LogP contribution in [0.15, 0.2) is 60.8 Å². The van der Waals surface area contributed by atoms with Crippen LogP contribution in [-0.4, -0.2) is 193 Å². The lowest BCUT2D eigenvalue weighted by Gasteiger charge is -2.48. The van der Waals surface area contributed by atoms with Crippen molar-refractivity contribution < 1.29 is 89.4 Å². The molecule has 0 radical (unpaired) electrons. The average Bonchev–Trinajstić information content (AvgIpc) is 0.785. The zero-order valence-corrected chi connectivity index (χ0v) is 61.0. The van der Waals surface area contributed by atoms with E-state index in [4.69, 9.17) is 28.4 Å². The van der Waals surface area contributed by atoms with Gasteiger partial charge in [0.05, 0.1) is 38.6 Å². The van der Waals surface area contributed by atoms with Crippen molar-refractivity contribution in [2.75, 3.05) is 26.4 Å². The summed E-state index contributed by atoms with van der Waals surface area (Å²) >= 11 is 0. The number of nitrogens with one attached hydrogen (secondary N) is 1. The smallest absolute Gasteiger partial charge is 0.220 e. The minimum Gasteiger partial charge on any atom is -0.394 e. The Morgan fingerprint density at radius 3 is 1.08 bits per heavy atom. The third kappa shape index (κ3) is 39.9. The summed E-state index contributed by atoms with van der Waals surface area (Å²) in [5, 5.41) is 121. The standard InChI is InChI=1S/C79H143NO18/c1-3-5-7-9-11-13-15-17-19-21-23-25-27-29-31-33-35-37-39-41-43-45-47-49-51-53-55-57-67(85)80-62(63(84)56-54-52-50-48-46-44-42-40-38-36-34-32-30-28-26-24-22-20-18-16-14-12-10-8-6-4-2)61-93-77-73(91)70(88)75(65(59-82)95-77)98-79-74(92)71(89)76(66(60-83)96-79)97-78-72(90)69(87)68(86)64(58-81)94-78/h15,17,21,23,38,40,46,48,54,56,62-66,68-79,81-84,86-92H,3-14,16,18-20,22,24-37,39,41-45,47,49-53,55,57-61H2,1-2H3,(H,80,85)/b17-15-,23-21-,40-38+,48-46+,56-54+. The van der Waals surface area contributed by atoms with Gasteiger partial charge in [-0.1, -0.05) is 280 Å². The molecule has 0 bridgehead atoms.